The minimum Gasteiger partial charge on any atom is -0.468 e. The Morgan fingerprint density at radius 1 is 0.831 bits per heavy atom. The van der Waals surface area contributed by atoms with Gasteiger partial charge in [0.25, 0.3) is 0 Å². The SMILES string of the molecule is C=CC1=C(C)C2=CC3=NC(=C4C5=NC(=CC6=NC(=CC1=N2)C(C=O)=C6CC)C(C)=C5C(=O)[C@@H]4C(=O)OC)[C@@H](CCC(=O)OCC=C(C)CCC[C@H](C)CCC[C@H](C)CCCC(C)C)[C@@H]3C. The highest BCUT2D eigenvalue weighted by Gasteiger charge is 2.51. The molecule has 346 valence electrons. The fourth-order valence-electron chi connectivity index (χ4n) is 10.0. The van der Waals surface area contributed by atoms with Crippen LogP contribution in [0.3, 0.4) is 0 Å². The van der Waals surface area contributed by atoms with Gasteiger partial charge < -0.3 is 9.47 Å². The van der Waals surface area contributed by atoms with E-state index in [1.807, 2.05) is 45.9 Å². The molecule has 0 saturated heterocycles. The molecule has 5 atom stereocenters. The minimum absolute atomic E-state index is 0.114. The van der Waals surface area contributed by atoms with Gasteiger partial charge in [0.2, 0.25) is 0 Å². The van der Waals surface area contributed by atoms with Gasteiger partial charge in [-0.05, 0) is 105 Å². The maximum atomic E-state index is 14.4. The molecule has 10 heteroatoms. The summed E-state index contributed by atoms with van der Waals surface area (Å²) >= 11 is 0. The lowest BCUT2D eigenvalue weighted by atomic mass is 9.83. The standard InChI is InChI=1S/C55H70N4O6/c1-12-38-35(8)42-27-43-36(9)40(23-24-48(61)65-26-25-34(7)22-16-21-33(6)20-15-19-32(5)18-14-17-31(3)4)52(58-43)50-51(55(63)64-11)54(62)49-37(10)44(59-53(49)50)28-46-39(13-2)41(30-60)47(57-46)29-45(38)56-42/h12,25,27-33,36,40,51H,1,13-24,26H2,2-11H3/t32-,33-,36+,40+,51-/m1/s1. The number of carbonyl (C=O) groups excluding carboxylic acids is 4. The van der Waals surface area contributed by atoms with Crippen molar-refractivity contribution in [3.05, 3.63) is 104 Å². The number of fused-ring (bicyclic) bond motifs is 4. The van der Waals surface area contributed by atoms with E-state index in [-0.39, 0.29) is 30.8 Å². The van der Waals surface area contributed by atoms with Gasteiger partial charge in [0.05, 0.1) is 47.0 Å². The summed E-state index contributed by atoms with van der Waals surface area (Å²) in [7, 11) is 1.27. The molecule has 0 spiro atoms. The predicted octanol–water partition coefficient (Wildman–Crippen LogP) is 11.8. The topological polar surface area (TPSA) is 136 Å². The number of esters is 2. The summed E-state index contributed by atoms with van der Waals surface area (Å²) in [6.45, 7) is 23.5. The van der Waals surface area contributed by atoms with Crippen molar-refractivity contribution in [2.24, 2.45) is 55.5 Å². The van der Waals surface area contributed by atoms with E-state index in [1.165, 1.54) is 57.6 Å². The van der Waals surface area contributed by atoms with Crippen molar-refractivity contribution in [2.75, 3.05) is 13.7 Å². The smallest absolute Gasteiger partial charge is 0.321 e. The number of nitrogens with zero attached hydrogens (tertiary/aromatic N) is 4. The van der Waals surface area contributed by atoms with E-state index in [9.17, 15) is 19.2 Å². The van der Waals surface area contributed by atoms with E-state index in [4.69, 9.17) is 29.4 Å². The van der Waals surface area contributed by atoms with Crippen LogP contribution in [0.25, 0.3) is 0 Å². The third-order valence-corrected chi connectivity index (χ3v) is 14.1. The second-order valence-electron chi connectivity index (χ2n) is 19.3. The largest absolute Gasteiger partial charge is 0.468 e. The molecule has 6 rings (SSSR count). The van der Waals surface area contributed by atoms with Crippen molar-refractivity contribution in [3.8, 4) is 0 Å². The fraction of sp³-hybridized carbons (Fsp3) is 0.527. The van der Waals surface area contributed by atoms with Crippen LogP contribution >= 0.6 is 0 Å². The van der Waals surface area contributed by atoms with E-state index < -0.39 is 17.7 Å². The summed E-state index contributed by atoms with van der Waals surface area (Å²) < 4.78 is 11.0. The van der Waals surface area contributed by atoms with Gasteiger partial charge in [0, 0.05) is 46.3 Å². The Kier molecular flexibility index (Phi) is 16.4. The van der Waals surface area contributed by atoms with Crippen molar-refractivity contribution in [3.63, 3.8) is 0 Å². The molecule has 1 fully saturated rings. The Morgan fingerprint density at radius 3 is 2.12 bits per heavy atom. The second kappa shape index (κ2) is 21.7. The van der Waals surface area contributed by atoms with Crippen LogP contribution in [0.5, 0.6) is 0 Å². The first kappa shape index (κ1) is 49.1. The lowest BCUT2D eigenvalue weighted by Crippen LogP contribution is -2.25. The third kappa shape index (κ3) is 10.8. The van der Waals surface area contributed by atoms with Crippen molar-refractivity contribution < 1.29 is 28.7 Å². The first-order valence-corrected chi connectivity index (χ1v) is 24.0. The summed E-state index contributed by atoms with van der Waals surface area (Å²) in [6, 6.07) is 0. The number of Topliss-reactive ketones (excluding diaryl/α,β-unsaturated/α-hetero) is 1. The molecular weight excluding hydrogens is 813 g/mol. The van der Waals surface area contributed by atoms with Gasteiger partial charge in [-0.2, -0.15) is 0 Å². The first-order chi connectivity index (χ1) is 31.1. The highest BCUT2D eigenvalue weighted by molar-refractivity contribution is 6.43. The van der Waals surface area contributed by atoms with E-state index in [2.05, 4.69) is 41.2 Å². The summed E-state index contributed by atoms with van der Waals surface area (Å²) in [6.07, 6.45) is 22.3. The summed E-state index contributed by atoms with van der Waals surface area (Å²) in [5, 5.41) is 0. The molecule has 1 saturated carbocycles. The first-order valence-electron chi connectivity index (χ1n) is 24.0. The Bertz CT molecular complexity index is 2380. The highest BCUT2D eigenvalue weighted by atomic mass is 16.5. The summed E-state index contributed by atoms with van der Waals surface area (Å²) in [5.74, 6) is -0.983. The molecule has 10 nitrogen and oxygen atoms in total. The fourth-order valence-corrected chi connectivity index (χ4v) is 10.0. The number of aliphatic imine (C=N–C) groups is 4. The number of rotatable bonds is 21. The molecule has 0 aromatic heterocycles. The third-order valence-electron chi connectivity index (χ3n) is 14.1. The van der Waals surface area contributed by atoms with Gasteiger partial charge in [-0.1, -0.05) is 105 Å². The lowest BCUT2D eigenvalue weighted by molar-refractivity contribution is -0.146. The molecular formula is C55H70N4O6. The van der Waals surface area contributed by atoms with Crippen LogP contribution < -0.4 is 0 Å². The Labute approximate surface area is 387 Å². The van der Waals surface area contributed by atoms with Crippen molar-refractivity contribution >= 4 is 46.9 Å². The van der Waals surface area contributed by atoms with Crippen LogP contribution in [0.15, 0.2) is 124 Å². The van der Waals surface area contributed by atoms with Crippen LogP contribution in [0.4, 0.5) is 0 Å². The molecule has 65 heavy (non-hydrogen) atoms. The molecule has 0 aromatic rings. The van der Waals surface area contributed by atoms with Crippen molar-refractivity contribution in [1.82, 2.24) is 0 Å². The van der Waals surface area contributed by atoms with Gasteiger partial charge in [-0.15, -0.1) is 0 Å². The van der Waals surface area contributed by atoms with Gasteiger partial charge in [-0.3, -0.25) is 24.2 Å². The van der Waals surface area contributed by atoms with Gasteiger partial charge in [0.15, 0.2) is 12.1 Å². The number of allylic oxidation sites excluding steroid dienone is 12. The summed E-state index contributed by atoms with van der Waals surface area (Å²) in [4.78, 5) is 74.1. The van der Waals surface area contributed by atoms with Crippen LogP contribution in [0.2, 0.25) is 0 Å². The monoisotopic (exact) mass is 883 g/mol. The zero-order valence-electron chi connectivity index (χ0n) is 40.6. The minimum atomic E-state index is -1.27. The molecule has 1 aliphatic carbocycles. The predicted molar refractivity (Wildman–Crippen MR) is 262 cm³/mol. The lowest BCUT2D eigenvalue weighted by Gasteiger charge is -2.20. The molecule has 0 radical (unpaired) electrons. The van der Waals surface area contributed by atoms with Gasteiger partial charge in [-0.25, -0.2) is 15.0 Å². The van der Waals surface area contributed by atoms with Crippen molar-refractivity contribution in [2.45, 2.75) is 139 Å². The quantitative estimate of drug-likeness (QED) is 0.0487. The molecule has 0 N–H and O–H groups in total. The molecule has 5 aliphatic heterocycles. The van der Waals surface area contributed by atoms with E-state index in [0.29, 0.717) is 86.7 Å². The maximum Gasteiger partial charge on any atom is 0.321 e. The second-order valence-corrected chi connectivity index (χ2v) is 19.3. The highest BCUT2D eigenvalue weighted by Crippen LogP contribution is 2.47. The maximum absolute atomic E-state index is 14.4. The number of hydrogen-bond acceptors (Lipinski definition) is 10. The van der Waals surface area contributed by atoms with E-state index in [0.717, 1.165) is 47.7 Å². The van der Waals surface area contributed by atoms with Crippen LogP contribution in [0.1, 0.15) is 139 Å². The number of ether oxygens (including phenoxy) is 2. The molecule has 0 aromatic carbocycles. The number of carbonyl (C=O) groups is 4. The summed E-state index contributed by atoms with van der Waals surface area (Å²) in [5.41, 5.74) is 9.91. The zero-order chi connectivity index (χ0) is 47.1. The van der Waals surface area contributed by atoms with Crippen molar-refractivity contribution in [1.29, 1.82) is 0 Å². The molecule has 5 heterocycles. The van der Waals surface area contributed by atoms with E-state index >= 15 is 0 Å². The van der Waals surface area contributed by atoms with Gasteiger partial charge >= 0.3 is 11.9 Å². The van der Waals surface area contributed by atoms with Crippen LogP contribution in [-0.2, 0) is 28.7 Å². The Balaban J connectivity index is 1.21. The number of methoxy groups -OCH3 is 1. The Morgan fingerprint density at radius 2 is 1.48 bits per heavy atom. The average molecular weight is 883 g/mol. The van der Waals surface area contributed by atoms with Crippen LogP contribution in [-0.4, -0.2) is 60.6 Å². The number of ketones is 1. The molecule has 8 bridgehead atoms. The van der Waals surface area contributed by atoms with Gasteiger partial charge in [0.1, 0.15) is 12.5 Å². The van der Waals surface area contributed by atoms with E-state index in [1.54, 1.807) is 12.2 Å². The van der Waals surface area contributed by atoms with Crippen LogP contribution in [0, 0.1) is 35.5 Å². The Hall–Kier alpha value is -5.38. The zero-order valence-corrected chi connectivity index (χ0v) is 40.6. The number of aldehydes is 1. The molecule has 6 aliphatic rings. The number of hydrogen-bond donors (Lipinski definition) is 0. The average Bonchev–Trinajstić information content (AvgIpc) is 4.02. The molecule has 0 unspecified atom stereocenters. The normalized spacial score (nSPS) is 22.5. The molecule has 0 amide bonds.